The molecule has 0 radical (unpaired) electrons. The van der Waals surface area contributed by atoms with Crippen LogP contribution in [0.25, 0.3) is 12.2 Å². The molecule has 4 aliphatic rings. The number of phenols is 5. The summed E-state index contributed by atoms with van der Waals surface area (Å²) >= 11 is 0. The van der Waals surface area contributed by atoms with E-state index in [0.29, 0.717) is 5.56 Å². The molecule has 0 spiro atoms. The first kappa shape index (κ1) is 45.7. The number of aliphatic hydroxyl groups is 9. The van der Waals surface area contributed by atoms with E-state index in [-0.39, 0.29) is 34.1 Å². The number of esters is 1. The van der Waals surface area contributed by atoms with Crippen LogP contribution < -0.4 is 0 Å². The predicted octanol–water partition coefficient (Wildman–Crippen LogP) is -2.08. The van der Waals surface area contributed by atoms with Gasteiger partial charge in [-0.25, -0.2) is 4.79 Å². The molecule has 3 aromatic carbocycles. The average Bonchev–Trinajstić information content (AvgIpc) is 3.25. The zero-order valence-corrected chi connectivity index (χ0v) is 32.7. The number of rotatable bonds is 12. The fourth-order valence-electron chi connectivity index (χ4n) is 7.15. The van der Waals surface area contributed by atoms with Gasteiger partial charge in [-0.1, -0.05) is 12.1 Å². The molecule has 1 unspecified atom stereocenters. The Morgan fingerprint density at radius 1 is 0.683 bits per heavy atom. The van der Waals surface area contributed by atoms with Crippen LogP contribution in [0.2, 0.25) is 0 Å². The van der Waals surface area contributed by atoms with Crippen LogP contribution in [0.4, 0.5) is 0 Å². The van der Waals surface area contributed by atoms with Gasteiger partial charge >= 0.3 is 5.97 Å². The summed E-state index contributed by atoms with van der Waals surface area (Å²) in [5.41, 5.74) is 0.789. The summed E-state index contributed by atoms with van der Waals surface area (Å²) in [6.45, 7) is -1.89. The second-order valence-corrected chi connectivity index (χ2v) is 15.1. The quantitative estimate of drug-likeness (QED) is 0.0402. The maximum Gasteiger partial charge on any atom is 0.330 e. The van der Waals surface area contributed by atoms with Crippen molar-refractivity contribution in [1.29, 1.82) is 0 Å². The van der Waals surface area contributed by atoms with Crippen molar-refractivity contribution in [3.05, 3.63) is 83.1 Å². The van der Waals surface area contributed by atoms with E-state index in [9.17, 15) is 71.2 Å². The molecule has 3 fully saturated rings. The number of carbonyl (C=O) groups is 1. The summed E-state index contributed by atoms with van der Waals surface area (Å²) in [5, 5.41) is 137. The average molecular weight is 892 g/mol. The van der Waals surface area contributed by atoms with E-state index < -0.39 is 135 Å². The lowest BCUT2D eigenvalue weighted by Gasteiger charge is -2.46. The van der Waals surface area contributed by atoms with Crippen LogP contribution in [0.3, 0.4) is 0 Å². The summed E-state index contributed by atoms with van der Waals surface area (Å²) in [6.07, 6.45) is -22.4. The summed E-state index contributed by atoms with van der Waals surface area (Å²) in [4.78, 5) is 12.4. The number of benzene rings is 3. The highest BCUT2D eigenvalue weighted by Gasteiger charge is 2.52. The van der Waals surface area contributed by atoms with Crippen molar-refractivity contribution in [2.45, 2.75) is 92.1 Å². The second kappa shape index (κ2) is 19.2. The van der Waals surface area contributed by atoms with Crippen LogP contribution >= 0.6 is 0 Å². The Bertz CT molecular complexity index is 2130. The molecule has 0 amide bonds. The Balaban J connectivity index is 1.11. The lowest BCUT2D eigenvalue weighted by molar-refractivity contribution is -0.360. The molecule has 342 valence electrons. The minimum absolute atomic E-state index is 0.0182. The molecule has 3 aromatic rings. The Labute approximate surface area is 356 Å². The van der Waals surface area contributed by atoms with E-state index in [1.54, 1.807) is 0 Å². The molecule has 15 atom stereocenters. The summed E-state index contributed by atoms with van der Waals surface area (Å²) < 4.78 is 44.6. The van der Waals surface area contributed by atoms with Crippen molar-refractivity contribution in [2.75, 3.05) is 19.8 Å². The summed E-state index contributed by atoms with van der Waals surface area (Å²) in [6, 6.07) is 11.8. The fourth-order valence-corrected chi connectivity index (χ4v) is 7.15. The number of aromatic hydroxyl groups is 6. The van der Waals surface area contributed by atoms with Crippen LogP contribution in [0.5, 0.6) is 34.5 Å². The molecule has 0 aliphatic carbocycles. The fraction of sp³-hybridized carbons (Fsp3) is 0.439. The van der Waals surface area contributed by atoms with E-state index in [2.05, 4.69) is 4.74 Å². The van der Waals surface area contributed by atoms with Gasteiger partial charge in [-0.3, -0.25) is 0 Å². The minimum atomic E-state index is -2.00. The third kappa shape index (κ3) is 10.1. The van der Waals surface area contributed by atoms with Crippen molar-refractivity contribution in [3.8, 4) is 34.5 Å². The summed E-state index contributed by atoms with van der Waals surface area (Å²) in [7, 11) is 0. The molecule has 3 saturated heterocycles. The van der Waals surface area contributed by atoms with Crippen LogP contribution in [-0.2, 0) is 38.0 Å². The molecule has 63 heavy (non-hydrogen) atoms. The largest absolute Gasteiger partial charge is 0.571 e. The Kier molecular flexibility index (Phi) is 13.9. The van der Waals surface area contributed by atoms with Gasteiger partial charge in [-0.2, -0.15) is 0 Å². The topological polar surface area (TPSA) is 357 Å². The second-order valence-electron chi connectivity index (χ2n) is 15.1. The number of ether oxygens (including phenoxy) is 8. The molecule has 0 aromatic heterocycles. The molecule has 7 rings (SSSR count). The SMILES string of the molecule is O=C(/C=C/c1ccc(O)cc1)OC[C@H]1O[C@@H](OC[C@@H]2O[C@@H](OC3=Cc4c(O)cc(O)cc4[OH+]C3c3ccc(O)c(O)c3)[C@@H](O[C@H]3OC[C@@H](O)[C@@H](O)[C@H]3O)[C@H](O)[C@H]2O)[C@H](O)[C@@H](O)[C@@H]1O. The number of phenolic OH excluding ortho intramolecular Hbond substituents is 5. The standard InChI is InChI=1S/C41H46O22/c42-18-5-1-16(2-6-18)3-8-29(48)56-14-27-31(50)33(52)36(55)39(61-27)58-15-28-32(51)34(53)38(63-40-35(54)30(49)24(47)13-57-40)41(62-28)60-26-12-20-22(45)10-19(43)11-25(20)59-37(26)17-4-7-21(44)23(46)9-17/h1-12,24,27-28,30-47,49-55H,13-15H2/p+1/b8-3+/t24-,27-,28+,30-,31-,32+,33+,34-,35-,36-,37?,38+,39-,40-,41-/m1/s1. The van der Waals surface area contributed by atoms with Gasteiger partial charge in [-0.15, -0.1) is 0 Å². The first-order chi connectivity index (χ1) is 30.0. The highest BCUT2D eigenvalue weighted by atomic mass is 16.8. The smallest absolute Gasteiger partial charge is 0.330 e. The van der Waals surface area contributed by atoms with Gasteiger partial charge in [0.2, 0.25) is 6.29 Å². The van der Waals surface area contributed by atoms with Crippen molar-refractivity contribution >= 4 is 18.1 Å². The van der Waals surface area contributed by atoms with E-state index in [1.165, 1.54) is 48.6 Å². The molecular weight excluding hydrogens is 844 g/mol. The molecule has 14 N–H and O–H groups in total. The van der Waals surface area contributed by atoms with E-state index in [0.717, 1.165) is 24.3 Å². The van der Waals surface area contributed by atoms with Crippen molar-refractivity contribution < 1.29 is 109 Å². The third-order valence-corrected chi connectivity index (χ3v) is 10.7. The summed E-state index contributed by atoms with van der Waals surface area (Å²) in [5.74, 6) is -2.76. The van der Waals surface area contributed by atoms with Crippen LogP contribution in [0.15, 0.2) is 66.4 Å². The Morgan fingerprint density at radius 2 is 1.37 bits per heavy atom. The number of hydrogen-bond donors (Lipinski definition) is 13. The molecule has 0 bridgehead atoms. The molecule has 4 aliphatic heterocycles. The number of hydrogen-bond acceptors (Lipinski definition) is 21. The lowest BCUT2D eigenvalue weighted by atomic mass is 9.97. The number of carbonyl (C=O) groups excluding carboxylic acids is 1. The highest BCUT2D eigenvalue weighted by Crippen LogP contribution is 2.46. The maximum atomic E-state index is 12.4. The predicted molar refractivity (Wildman–Crippen MR) is 207 cm³/mol. The third-order valence-electron chi connectivity index (χ3n) is 10.7. The maximum absolute atomic E-state index is 12.4. The Hall–Kier alpha value is -5.31. The van der Waals surface area contributed by atoms with Gasteiger partial charge in [0.15, 0.2) is 35.9 Å². The van der Waals surface area contributed by atoms with Gasteiger partial charge in [0.1, 0.15) is 90.5 Å². The van der Waals surface area contributed by atoms with E-state index in [4.69, 9.17) is 33.2 Å². The van der Waals surface area contributed by atoms with Gasteiger partial charge < -0.3 is 104 Å². The van der Waals surface area contributed by atoms with Crippen molar-refractivity contribution in [1.82, 2.24) is 0 Å². The van der Waals surface area contributed by atoms with Crippen molar-refractivity contribution in [3.63, 3.8) is 0 Å². The minimum Gasteiger partial charge on any atom is -0.571 e. The van der Waals surface area contributed by atoms with Crippen LogP contribution in [0, 0.1) is 0 Å². The molecule has 4 heterocycles. The number of fused-ring (bicyclic) bond motifs is 1. The molecule has 22 nitrogen and oxygen atoms in total. The first-order valence-electron chi connectivity index (χ1n) is 19.4. The Morgan fingerprint density at radius 3 is 2.10 bits per heavy atom. The monoisotopic (exact) mass is 891 g/mol. The van der Waals surface area contributed by atoms with Crippen molar-refractivity contribution in [2.24, 2.45) is 0 Å². The van der Waals surface area contributed by atoms with Gasteiger partial charge in [-0.05, 0) is 42.0 Å². The highest BCUT2D eigenvalue weighted by molar-refractivity contribution is 5.87. The van der Waals surface area contributed by atoms with Gasteiger partial charge in [0.05, 0.1) is 24.8 Å². The van der Waals surface area contributed by atoms with Crippen LogP contribution in [-0.4, -0.2) is 183 Å². The zero-order valence-electron chi connectivity index (χ0n) is 32.7. The molecule has 22 heteroatoms. The molecular formula is C41H47O22+. The van der Waals surface area contributed by atoms with Gasteiger partial charge in [0, 0.05) is 18.2 Å². The van der Waals surface area contributed by atoms with E-state index >= 15 is 0 Å². The normalized spacial score (nSPS) is 34.4. The zero-order chi connectivity index (χ0) is 45.3. The van der Waals surface area contributed by atoms with Crippen LogP contribution in [0.1, 0.15) is 22.8 Å². The lowest BCUT2D eigenvalue weighted by Crippen LogP contribution is -2.64. The molecule has 0 saturated carbocycles. The van der Waals surface area contributed by atoms with Gasteiger partial charge in [0.25, 0.3) is 11.9 Å². The van der Waals surface area contributed by atoms with E-state index in [1.807, 2.05) is 0 Å². The first-order valence-corrected chi connectivity index (χ1v) is 19.4. The number of aliphatic hydroxyl groups excluding tert-OH is 8.